The van der Waals surface area contributed by atoms with Gasteiger partial charge >= 0.3 is 13.8 Å². The van der Waals surface area contributed by atoms with Gasteiger partial charge in [0.25, 0.3) is 0 Å². The molecule has 1 rings (SSSR count). The van der Waals surface area contributed by atoms with Crippen LogP contribution >= 0.6 is 7.82 Å². The van der Waals surface area contributed by atoms with E-state index < -0.39 is 63.1 Å². The van der Waals surface area contributed by atoms with Crippen LogP contribution in [0.4, 0.5) is 0 Å². The Labute approximate surface area is 238 Å². The number of esters is 1. The molecular weight excluding hydrogens is 547 g/mol. The van der Waals surface area contributed by atoms with Gasteiger partial charge in [0.2, 0.25) is 0 Å². The van der Waals surface area contributed by atoms with Crippen molar-refractivity contribution in [1.82, 2.24) is 0 Å². The molecule has 6 N–H and O–H groups in total. The van der Waals surface area contributed by atoms with Gasteiger partial charge in [-0.1, -0.05) is 90.4 Å². The summed E-state index contributed by atoms with van der Waals surface area (Å²) >= 11 is 0. The van der Waals surface area contributed by atoms with Crippen molar-refractivity contribution in [3.05, 3.63) is 0 Å². The number of unbranched alkanes of at least 4 members (excludes halogenated alkanes) is 13. The summed E-state index contributed by atoms with van der Waals surface area (Å²) in [7, 11) is -4.95. The van der Waals surface area contributed by atoms with Crippen LogP contribution in [0.5, 0.6) is 0 Å². The van der Waals surface area contributed by atoms with Gasteiger partial charge in [-0.3, -0.25) is 13.8 Å². The fraction of sp³-hybridized carbons (Fsp3) is 0.963. The maximum Gasteiger partial charge on any atom is 0.472 e. The number of hydrogen-bond acceptors (Lipinski definition) is 11. The number of ether oxygens (including phenoxy) is 2. The first-order valence-electron chi connectivity index (χ1n) is 14.8. The highest BCUT2D eigenvalue weighted by molar-refractivity contribution is 7.47. The standard InChI is InChI=1S/C27H53O12P/c1-3-4-5-6-7-8-9-10-11-12-13-14-15-16-17-36-18-21(38-20(2)28)19-37-40(34,35)39-27-25(32)23(30)22(29)24(31)26(27)33/h21-27,29-33H,3-19H2,1-2H3,(H,34,35)/t21-,22?,23-,24?,25?,26?,27?/m1/s1. The van der Waals surface area contributed by atoms with Crippen LogP contribution < -0.4 is 0 Å². The minimum Gasteiger partial charge on any atom is -0.458 e. The van der Waals surface area contributed by atoms with Crippen molar-refractivity contribution in [2.24, 2.45) is 0 Å². The number of carbonyl (C=O) groups is 1. The third-order valence-electron chi connectivity index (χ3n) is 7.03. The van der Waals surface area contributed by atoms with Gasteiger partial charge in [0, 0.05) is 13.5 Å². The highest BCUT2D eigenvalue weighted by atomic mass is 31.2. The number of hydrogen-bond donors (Lipinski definition) is 6. The van der Waals surface area contributed by atoms with Crippen molar-refractivity contribution in [1.29, 1.82) is 0 Å². The number of phosphoric acid groups is 1. The van der Waals surface area contributed by atoms with Gasteiger partial charge in [0.15, 0.2) is 0 Å². The Bertz CT molecular complexity index is 695. The fourth-order valence-corrected chi connectivity index (χ4v) is 5.62. The Morgan fingerprint density at radius 1 is 0.700 bits per heavy atom. The van der Waals surface area contributed by atoms with Gasteiger partial charge in [-0.25, -0.2) is 4.57 Å². The molecule has 1 aliphatic rings. The van der Waals surface area contributed by atoms with E-state index in [2.05, 4.69) is 6.92 Å². The smallest absolute Gasteiger partial charge is 0.458 e. The van der Waals surface area contributed by atoms with E-state index in [1.165, 1.54) is 77.6 Å². The van der Waals surface area contributed by atoms with E-state index in [4.69, 9.17) is 18.5 Å². The second-order valence-electron chi connectivity index (χ2n) is 10.7. The first kappa shape index (κ1) is 37.4. The molecule has 13 heteroatoms. The molecule has 1 saturated carbocycles. The van der Waals surface area contributed by atoms with Gasteiger partial charge in [0.1, 0.15) is 42.7 Å². The minimum atomic E-state index is -4.95. The Morgan fingerprint density at radius 3 is 1.57 bits per heavy atom. The third kappa shape index (κ3) is 15.5. The molecule has 1 fully saturated rings. The summed E-state index contributed by atoms with van der Waals surface area (Å²) in [6.07, 6.45) is 4.68. The van der Waals surface area contributed by atoms with Crippen LogP contribution in [0.2, 0.25) is 0 Å². The average molecular weight is 601 g/mol. The average Bonchev–Trinajstić information content (AvgIpc) is 2.91. The largest absolute Gasteiger partial charge is 0.472 e. The SMILES string of the molecule is CCCCCCCCCCCCCCCCOC[C@H](COP(=O)(O)OC1C(O)C(O)C(O)[C@@H](O)C1O)OC(C)=O. The van der Waals surface area contributed by atoms with Gasteiger partial charge in [0.05, 0.1) is 13.2 Å². The Hall–Kier alpha value is -0.660. The van der Waals surface area contributed by atoms with Crippen molar-refractivity contribution in [2.75, 3.05) is 19.8 Å². The summed E-state index contributed by atoms with van der Waals surface area (Å²) in [6, 6.07) is 0. The molecule has 8 atom stereocenters. The lowest BCUT2D eigenvalue weighted by Crippen LogP contribution is -2.64. The van der Waals surface area contributed by atoms with Gasteiger partial charge in [-0.15, -0.1) is 0 Å². The zero-order chi connectivity index (χ0) is 30.0. The normalized spacial score (nSPS) is 27.3. The van der Waals surface area contributed by atoms with Crippen molar-refractivity contribution < 1.29 is 58.3 Å². The molecule has 0 saturated heterocycles. The third-order valence-corrected chi connectivity index (χ3v) is 8.02. The van der Waals surface area contributed by atoms with E-state index in [0.717, 1.165) is 19.3 Å². The molecule has 0 aromatic heterocycles. The predicted molar refractivity (Wildman–Crippen MR) is 147 cm³/mol. The van der Waals surface area contributed by atoms with Gasteiger partial charge < -0.3 is 39.9 Å². The second-order valence-corrected chi connectivity index (χ2v) is 12.1. The number of aliphatic hydroxyl groups excluding tert-OH is 5. The van der Waals surface area contributed by atoms with Crippen LogP contribution in [-0.2, 0) is 27.9 Å². The molecule has 0 bridgehead atoms. The lowest BCUT2D eigenvalue weighted by atomic mass is 9.85. The van der Waals surface area contributed by atoms with Crippen LogP contribution in [-0.4, -0.2) is 98.9 Å². The zero-order valence-corrected chi connectivity index (χ0v) is 25.0. The number of aliphatic hydroxyl groups is 5. The number of rotatable bonds is 23. The lowest BCUT2D eigenvalue weighted by molar-refractivity contribution is -0.220. The van der Waals surface area contributed by atoms with E-state index in [0.29, 0.717) is 6.61 Å². The number of carbonyl (C=O) groups excluding carboxylic acids is 1. The van der Waals surface area contributed by atoms with E-state index in [1.807, 2.05) is 0 Å². The maximum atomic E-state index is 12.4. The molecule has 1 aliphatic carbocycles. The highest BCUT2D eigenvalue weighted by Crippen LogP contribution is 2.47. The molecule has 0 amide bonds. The van der Waals surface area contributed by atoms with Crippen molar-refractivity contribution in [2.45, 2.75) is 146 Å². The van der Waals surface area contributed by atoms with E-state index in [9.17, 15) is 39.8 Å². The first-order chi connectivity index (χ1) is 19.0. The van der Waals surface area contributed by atoms with Crippen molar-refractivity contribution >= 4 is 13.8 Å². The van der Waals surface area contributed by atoms with Gasteiger partial charge in [-0.05, 0) is 6.42 Å². The fourth-order valence-electron chi connectivity index (χ4n) is 4.65. The topological polar surface area (TPSA) is 192 Å². The molecular formula is C27H53O12P. The van der Waals surface area contributed by atoms with Crippen LogP contribution in [0.25, 0.3) is 0 Å². The molecule has 0 aliphatic heterocycles. The molecule has 6 unspecified atom stereocenters. The monoisotopic (exact) mass is 600 g/mol. The highest BCUT2D eigenvalue weighted by Gasteiger charge is 2.51. The summed E-state index contributed by atoms with van der Waals surface area (Å²) in [5.74, 6) is -0.652. The van der Waals surface area contributed by atoms with Crippen LogP contribution in [0, 0.1) is 0 Å². The first-order valence-corrected chi connectivity index (χ1v) is 16.3. The summed E-state index contributed by atoms with van der Waals surface area (Å²) in [5.41, 5.74) is 0. The quantitative estimate of drug-likeness (QED) is 0.0572. The molecule has 0 radical (unpaired) electrons. The predicted octanol–water partition coefficient (Wildman–Crippen LogP) is 2.74. The summed E-state index contributed by atoms with van der Waals surface area (Å²) in [5, 5.41) is 49.1. The van der Waals surface area contributed by atoms with Gasteiger partial charge in [-0.2, -0.15) is 0 Å². The molecule has 40 heavy (non-hydrogen) atoms. The van der Waals surface area contributed by atoms with E-state index in [1.54, 1.807) is 0 Å². The Balaban J connectivity index is 2.22. The molecule has 0 spiro atoms. The number of phosphoric ester groups is 1. The Kier molecular flexibility index (Phi) is 19.7. The van der Waals surface area contributed by atoms with Crippen molar-refractivity contribution in [3.63, 3.8) is 0 Å². The van der Waals surface area contributed by atoms with Crippen LogP contribution in [0.3, 0.4) is 0 Å². The summed E-state index contributed by atoms with van der Waals surface area (Å²) < 4.78 is 32.6. The second kappa shape index (κ2) is 21.1. The Morgan fingerprint density at radius 2 is 1.12 bits per heavy atom. The zero-order valence-electron chi connectivity index (χ0n) is 24.1. The maximum absolute atomic E-state index is 12.4. The van der Waals surface area contributed by atoms with E-state index in [-0.39, 0.29) is 6.61 Å². The molecule has 0 aromatic rings. The minimum absolute atomic E-state index is 0.0870. The summed E-state index contributed by atoms with van der Waals surface area (Å²) in [6.45, 7) is 3.15. The molecule has 12 nitrogen and oxygen atoms in total. The lowest BCUT2D eigenvalue weighted by Gasteiger charge is -2.41. The summed E-state index contributed by atoms with van der Waals surface area (Å²) in [4.78, 5) is 21.4. The van der Waals surface area contributed by atoms with Crippen LogP contribution in [0.15, 0.2) is 0 Å². The molecule has 0 heterocycles. The molecule has 238 valence electrons. The van der Waals surface area contributed by atoms with Crippen molar-refractivity contribution in [3.8, 4) is 0 Å². The van der Waals surface area contributed by atoms with Crippen LogP contribution in [0.1, 0.15) is 104 Å². The van der Waals surface area contributed by atoms with E-state index >= 15 is 0 Å². The molecule has 0 aromatic carbocycles.